The van der Waals surface area contributed by atoms with Gasteiger partial charge < -0.3 is 35.2 Å². The van der Waals surface area contributed by atoms with Crippen molar-refractivity contribution in [3.8, 4) is 16.9 Å². The largest absolute Gasteiger partial charge is 0.461 e. The standard InChI is InChI=1S/C22H26FNO7/c1-11-8-13(12-4-3-5-14(9-12)19(25)24-2)6-7-16(11)31-22-18(23)17(21(28)29)15(10-30-22)20(26)27/h3-9,15,17-18,20-22,26-29H,10H2,1-2H3,(H,24,25)/t15-,17-,18+,22-/m1/s1. The number of halogens is 1. The maximum Gasteiger partial charge on any atom is 0.251 e. The summed E-state index contributed by atoms with van der Waals surface area (Å²) in [6, 6.07) is 12.3. The van der Waals surface area contributed by atoms with Gasteiger partial charge in [-0.3, -0.25) is 4.79 Å². The Bertz CT molecular complexity index is 920. The summed E-state index contributed by atoms with van der Waals surface area (Å²) in [5, 5.41) is 40.3. The molecule has 168 valence electrons. The molecule has 3 rings (SSSR count). The second-order valence-corrected chi connectivity index (χ2v) is 7.47. The smallest absolute Gasteiger partial charge is 0.251 e. The molecule has 1 fully saturated rings. The van der Waals surface area contributed by atoms with Crippen LogP contribution in [0.25, 0.3) is 11.1 Å². The molecular weight excluding hydrogens is 409 g/mol. The average Bonchev–Trinajstić information content (AvgIpc) is 2.75. The number of carbonyl (C=O) groups excluding carboxylic acids is 1. The van der Waals surface area contributed by atoms with E-state index >= 15 is 0 Å². The monoisotopic (exact) mass is 435 g/mol. The lowest BCUT2D eigenvalue weighted by Crippen LogP contribution is -2.54. The summed E-state index contributed by atoms with van der Waals surface area (Å²) in [4.78, 5) is 11.9. The molecule has 2 aromatic rings. The Labute approximate surface area is 178 Å². The van der Waals surface area contributed by atoms with Crippen molar-refractivity contribution in [1.29, 1.82) is 0 Å². The number of ether oxygens (including phenoxy) is 2. The number of carbonyl (C=O) groups is 1. The Hall–Kier alpha value is -2.56. The van der Waals surface area contributed by atoms with Crippen LogP contribution in [0.2, 0.25) is 0 Å². The van der Waals surface area contributed by atoms with Gasteiger partial charge in [-0.2, -0.15) is 0 Å². The van der Waals surface area contributed by atoms with E-state index in [0.717, 1.165) is 11.1 Å². The summed E-state index contributed by atoms with van der Waals surface area (Å²) in [6.07, 6.45) is -7.50. The van der Waals surface area contributed by atoms with Crippen LogP contribution in [0.1, 0.15) is 15.9 Å². The molecule has 1 saturated heterocycles. The zero-order chi connectivity index (χ0) is 22.7. The minimum absolute atomic E-state index is 0.200. The quantitative estimate of drug-likeness (QED) is 0.427. The molecule has 0 radical (unpaired) electrons. The first-order valence-electron chi connectivity index (χ1n) is 9.80. The number of aliphatic hydroxyl groups is 4. The molecule has 2 aromatic carbocycles. The minimum atomic E-state index is -2.10. The van der Waals surface area contributed by atoms with Gasteiger partial charge in [0.25, 0.3) is 5.91 Å². The third-order valence-electron chi connectivity index (χ3n) is 5.41. The van der Waals surface area contributed by atoms with Crippen LogP contribution in [0.4, 0.5) is 4.39 Å². The highest BCUT2D eigenvalue weighted by molar-refractivity contribution is 5.95. The van der Waals surface area contributed by atoms with Crippen LogP contribution < -0.4 is 10.1 Å². The summed E-state index contributed by atoms with van der Waals surface area (Å²) >= 11 is 0. The van der Waals surface area contributed by atoms with E-state index in [9.17, 15) is 29.6 Å². The van der Waals surface area contributed by atoms with Crippen molar-refractivity contribution >= 4 is 5.91 Å². The molecule has 1 aliphatic heterocycles. The van der Waals surface area contributed by atoms with E-state index in [1.807, 2.05) is 12.1 Å². The Morgan fingerprint density at radius 1 is 1.13 bits per heavy atom. The number of alkyl halides is 1. The Balaban J connectivity index is 1.79. The van der Waals surface area contributed by atoms with Crippen molar-refractivity contribution in [2.75, 3.05) is 13.7 Å². The van der Waals surface area contributed by atoms with Crippen LogP contribution >= 0.6 is 0 Å². The zero-order valence-corrected chi connectivity index (χ0v) is 17.1. The average molecular weight is 435 g/mol. The Morgan fingerprint density at radius 2 is 1.84 bits per heavy atom. The number of hydrogen-bond donors (Lipinski definition) is 5. The number of nitrogens with one attached hydrogen (secondary N) is 1. The van der Waals surface area contributed by atoms with Gasteiger partial charge in [0.2, 0.25) is 6.29 Å². The molecule has 8 nitrogen and oxygen atoms in total. The predicted molar refractivity (Wildman–Crippen MR) is 109 cm³/mol. The van der Waals surface area contributed by atoms with Crippen molar-refractivity contribution in [1.82, 2.24) is 5.32 Å². The molecular formula is C22H26FNO7. The first kappa shape index (κ1) is 23.1. The van der Waals surface area contributed by atoms with E-state index in [1.165, 1.54) is 0 Å². The van der Waals surface area contributed by atoms with Crippen molar-refractivity contribution in [2.45, 2.75) is 32.0 Å². The summed E-state index contributed by atoms with van der Waals surface area (Å²) in [7, 11) is 1.56. The number of aliphatic hydroxyl groups excluding tert-OH is 2. The predicted octanol–water partition coefficient (Wildman–Crippen LogP) is 0.949. The molecule has 1 heterocycles. The van der Waals surface area contributed by atoms with Gasteiger partial charge in [0.1, 0.15) is 5.75 Å². The third-order valence-corrected chi connectivity index (χ3v) is 5.41. The number of hydrogen-bond acceptors (Lipinski definition) is 7. The molecule has 0 unspecified atom stereocenters. The molecule has 1 amide bonds. The lowest BCUT2D eigenvalue weighted by molar-refractivity contribution is -0.266. The molecule has 31 heavy (non-hydrogen) atoms. The van der Waals surface area contributed by atoms with Crippen LogP contribution in [-0.4, -0.2) is 65.0 Å². The fraction of sp³-hybridized carbons (Fsp3) is 0.409. The molecule has 0 spiro atoms. The van der Waals surface area contributed by atoms with Gasteiger partial charge in [-0.25, -0.2) is 4.39 Å². The molecule has 0 bridgehead atoms. The van der Waals surface area contributed by atoms with E-state index in [4.69, 9.17) is 9.47 Å². The number of rotatable bonds is 6. The van der Waals surface area contributed by atoms with Gasteiger partial charge in [-0.15, -0.1) is 0 Å². The highest BCUT2D eigenvalue weighted by Crippen LogP contribution is 2.35. The van der Waals surface area contributed by atoms with Gasteiger partial charge in [0.15, 0.2) is 18.8 Å². The SMILES string of the molecule is CNC(=O)c1cccc(-c2ccc(O[C@H]3OC[C@@H](C(O)O)[C@@H](C(O)O)[C@@H]3F)c(C)c2)c1. The van der Waals surface area contributed by atoms with E-state index in [0.29, 0.717) is 16.9 Å². The van der Waals surface area contributed by atoms with Crippen molar-refractivity contribution in [3.63, 3.8) is 0 Å². The number of aryl methyl sites for hydroxylation is 1. The first-order valence-corrected chi connectivity index (χ1v) is 9.80. The van der Waals surface area contributed by atoms with Crippen LogP contribution in [0.3, 0.4) is 0 Å². The highest BCUT2D eigenvalue weighted by atomic mass is 19.1. The molecule has 9 heteroatoms. The maximum atomic E-state index is 14.9. The van der Waals surface area contributed by atoms with Crippen LogP contribution in [0.15, 0.2) is 42.5 Å². The van der Waals surface area contributed by atoms with Crippen molar-refractivity contribution in [2.24, 2.45) is 11.8 Å². The number of amides is 1. The Morgan fingerprint density at radius 3 is 2.45 bits per heavy atom. The van der Waals surface area contributed by atoms with E-state index in [1.54, 1.807) is 44.3 Å². The summed E-state index contributed by atoms with van der Waals surface area (Å²) in [6.45, 7) is 1.45. The van der Waals surface area contributed by atoms with E-state index < -0.39 is 36.9 Å². The van der Waals surface area contributed by atoms with Gasteiger partial charge in [-0.1, -0.05) is 18.2 Å². The van der Waals surface area contributed by atoms with Gasteiger partial charge in [-0.05, 0) is 47.9 Å². The second kappa shape index (κ2) is 9.71. The molecule has 0 aromatic heterocycles. The lowest BCUT2D eigenvalue weighted by atomic mass is 9.85. The fourth-order valence-corrected chi connectivity index (χ4v) is 3.67. The molecule has 0 aliphatic carbocycles. The fourth-order valence-electron chi connectivity index (χ4n) is 3.67. The van der Waals surface area contributed by atoms with Crippen LogP contribution in [-0.2, 0) is 4.74 Å². The van der Waals surface area contributed by atoms with Gasteiger partial charge >= 0.3 is 0 Å². The lowest BCUT2D eigenvalue weighted by Gasteiger charge is -2.40. The molecule has 0 saturated carbocycles. The van der Waals surface area contributed by atoms with Crippen molar-refractivity contribution in [3.05, 3.63) is 53.6 Å². The highest BCUT2D eigenvalue weighted by Gasteiger charge is 2.48. The van der Waals surface area contributed by atoms with Crippen LogP contribution in [0, 0.1) is 18.8 Å². The third kappa shape index (κ3) is 5.03. The molecule has 4 atom stereocenters. The van der Waals surface area contributed by atoms with Gasteiger partial charge in [0, 0.05) is 18.5 Å². The first-order chi connectivity index (χ1) is 14.7. The normalized spacial score (nSPS) is 23.8. The van der Waals surface area contributed by atoms with E-state index in [2.05, 4.69) is 5.32 Å². The Kier molecular flexibility index (Phi) is 7.24. The molecule has 5 N–H and O–H groups in total. The van der Waals surface area contributed by atoms with E-state index in [-0.39, 0.29) is 12.5 Å². The minimum Gasteiger partial charge on any atom is -0.461 e. The zero-order valence-electron chi connectivity index (χ0n) is 17.1. The van der Waals surface area contributed by atoms with Crippen molar-refractivity contribution < 1.29 is 39.1 Å². The summed E-state index contributed by atoms with van der Waals surface area (Å²) in [5.74, 6) is -2.56. The topological polar surface area (TPSA) is 128 Å². The summed E-state index contributed by atoms with van der Waals surface area (Å²) in [5.41, 5.74) is 2.83. The van der Waals surface area contributed by atoms with Gasteiger partial charge in [0.05, 0.1) is 12.5 Å². The second-order valence-electron chi connectivity index (χ2n) is 7.47. The maximum absolute atomic E-state index is 14.9. The summed E-state index contributed by atoms with van der Waals surface area (Å²) < 4.78 is 25.8. The van der Waals surface area contributed by atoms with Crippen LogP contribution in [0.5, 0.6) is 5.75 Å². The number of benzene rings is 2. The molecule has 1 aliphatic rings.